The predicted molar refractivity (Wildman–Crippen MR) is 146 cm³/mol. The maximum absolute atomic E-state index is 13.7. The van der Waals surface area contributed by atoms with E-state index in [1.165, 1.54) is 13.4 Å². The molecule has 2 heterocycles. The van der Waals surface area contributed by atoms with E-state index >= 15 is 0 Å². The van der Waals surface area contributed by atoms with Crippen molar-refractivity contribution in [1.82, 2.24) is 0 Å². The third-order valence-corrected chi connectivity index (χ3v) is 6.64. The number of methoxy groups -OCH3 is 3. The summed E-state index contributed by atoms with van der Waals surface area (Å²) in [7, 11) is 4.65. The lowest BCUT2D eigenvalue weighted by Crippen LogP contribution is -2.22. The van der Waals surface area contributed by atoms with Crippen molar-refractivity contribution < 1.29 is 32.9 Å². The number of ether oxygens (including phenoxy) is 5. The number of carbonyl (C=O) groups excluding carboxylic acids is 1. The molecule has 0 saturated carbocycles. The number of hydrogen-bond donors (Lipinski definition) is 0. The highest BCUT2D eigenvalue weighted by Gasteiger charge is 2.33. The average molecular weight is 529 g/mol. The van der Waals surface area contributed by atoms with E-state index in [9.17, 15) is 9.59 Å². The molecule has 200 valence electrons. The quantitative estimate of drug-likeness (QED) is 0.159. The van der Waals surface area contributed by atoms with Gasteiger partial charge < -0.3 is 28.1 Å². The van der Waals surface area contributed by atoms with Crippen LogP contribution in [0.1, 0.15) is 30.4 Å². The average Bonchev–Trinajstić information content (AvgIpc) is 2.95. The number of rotatable bonds is 8. The summed E-state index contributed by atoms with van der Waals surface area (Å²) in [5.74, 6) is 1.67. The number of hydrogen-bond acceptors (Lipinski definition) is 8. The van der Waals surface area contributed by atoms with Crippen molar-refractivity contribution in [3.05, 3.63) is 88.3 Å². The molecule has 1 aliphatic rings. The van der Waals surface area contributed by atoms with Crippen LogP contribution >= 0.6 is 0 Å². The van der Waals surface area contributed by atoms with Gasteiger partial charge in [-0.2, -0.15) is 0 Å². The van der Waals surface area contributed by atoms with E-state index in [-0.39, 0.29) is 17.8 Å². The third kappa shape index (κ3) is 4.81. The molecule has 39 heavy (non-hydrogen) atoms. The van der Waals surface area contributed by atoms with Gasteiger partial charge in [0.2, 0.25) is 5.43 Å². The fraction of sp³-hybridized carbons (Fsp3) is 0.226. The van der Waals surface area contributed by atoms with Crippen molar-refractivity contribution in [3.8, 4) is 39.9 Å². The molecule has 0 radical (unpaired) electrons. The van der Waals surface area contributed by atoms with E-state index in [4.69, 9.17) is 28.1 Å². The van der Waals surface area contributed by atoms with Gasteiger partial charge in [-0.3, -0.25) is 9.59 Å². The number of carbonyl (C=O) groups is 1. The van der Waals surface area contributed by atoms with E-state index in [0.29, 0.717) is 63.0 Å². The fourth-order valence-corrected chi connectivity index (χ4v) is 4.77. The van der Waals surface area contributed by atoms with Crippen molar-refractivity contribution in [2.24, 2.45) is 0 Å². The molecule has 0 bridgehead atoms. The van der Waals surface area contributed by atoms with Crippen LogP contribution in [0.2, 0.25) is 0 Å². The summed E-state index contributed by atoms with van der Waals surface area (Å²) in [5, 5.41) is 0.372. The van der Waals surface area contributed by atoms with E-state index in [1.54, 1.807) is 50.6 Å². The normalized spacial score (nSPS) is 14.4. The smallest absolute Gasteiger partial charge is 0.312 e. The Balaban J connectivity index is 1.64. The highest BCUT2D eigenvalue weighted by Crippen LogP contribution is 2.44. The van der Waals surface area contributed by atoms with Gasteiger partial charge in [0.25, 0.3) is 0 Å². The minimum absolute atomic E-state index is 0.0690. The van der Waals surface area contributed by atoms with Gasteiger partial charge >= 0.3 is 5.97 Å². The molecule has 0 amide bonds. The zero-order valence-electron chi connectivity index (χ0n) is 22.2. The van der Waals surface area contributed by atoms with Gasteiger partial charge in [-0.25, -0.2) is 0 Å². The maximum Gasteiger partial charge on any atom is 0.312 e. The van der Waals surface area contributed by atoms with E-state index in [1.807, 2.05) is 19.1 Å². The van der Waals surface area contributed by atoms with Gasteiger partial charge in [-0.15, -0.1) is 0 Å². The fourth-order valence-electron chi connectivity index (χ4n) is 4.77. The zero-order valence-corrected chi connectivity index (χ0v) is 22.2. The molecule has 1 aliphatic heterocycles. The molecule has 3 aromatic carbocycles. The number of benzene rings is 3. The maximum atomic E-state index is 13.7. The Hall–Kier alpha value is -4.72. The summed E-state index contributed by atoms with van der Waals surface area (Å²) in [4.78, 5) is 26.3. The predicted octanol–water partition coefficient (Wildman–Crippen LogP) is 5.88. The van der Waals surface area contributed by atoms with Crippen LogP contribution in [-0.4, -0.2) is 33.9 Å². The van der Waals surface area contributed by atoms with Gasteiger partial charge in [-0.05, 0) is 60.0 Å². The molecular formula is C31H28O8. The lowest BCUT2D eigenvalue weighted by Gasteiger charge is -2.26. The molecule has 0 spiro atoms. The Kier molecular flexibility index (Phi) is 7.02. The molecule has 0 N–H and O–H groups in total. The van der Waals surface area contributed by atoms with E-state index < -0.39 is 5.92 Å². The highest BCUT2D eigenvalue weighted by atomic mass is 16.5. The minimum Gasteiger partial charge on any atom is -0.493 e. The molecule has 0 aliphatic carbocycles. The first kappa shape index (κ1) is 25.9. The van der Waals surface area contributed by atoms with Crippen molar-refractivity contribution in [1.29, 1.82) is 0 Å². The summed E-state index contributed by atoms with van der Waals surface area (Å²) in [6.45, 7) is 6.07. The van der Waals surface area contributed by atoms with Crippen LogP contribution in [0.25, 0.3) is 22.1 Å². The van der Waals surface area contributed by atoms with Crippen molar-refractivity contribution in [2.45, 2.75) is 19.3 Å². The summed E-state index contributed by atoms with van der Waals surface area (Å²) in [5.41, 5.74) is 3.41. The third-order valence-electron chi connectivity index (χ3n) is 6.64. The van der Waals surface area contributed by atoms with E-state index in [0.717, 1.165) is 11.1 Å². The summed E-state index contributed by atoms with van der Waals surface area (Å²) in [6, 6.07) is 14.0. The Morgan fingerprint density at radius 2 is 1.64 bits per heavy atom. The highest BCUT2D eigenvalue weighted by molar-refractivity contribution is 5.90. The van der Waals surface area contributed by atoms with E-state index in [2.05, 4.69) is 6.58 Å². The molecule has 8 heteroatoms. The van der Waals surface area contributed by atoms with Gasteiger partial charge in [0, 0.05) is 11.5 Å². The first-order valence-electron chi connectivity index (χ1n) is 12.3. The first-order chi connectivity index (χ1) is 18.8. The largest absolute Gasteiger partial charge is 0.493 e. The van der Waals surface area contributed by atoms with Crippen LogP contribution in [-0.2, 0) is 4.79 Å². The second kappa shape index (κ2) is 10.6. The molecule has 1 atom stereocenters. The Morgan fingerprint density at radius 1 is 0.923 bits per heavy atom. The second-order valence-corrected chi connectivity index (χ2v) is 9.29. The van der Waals surface area contributed by atoms with Crippen molar-refractivity contribution in [3.63, 3.8) is 0 Å². The van der Waals surface area contributed by atoms with Crippen LogP contribution < -0.4 is 29.1 Å². The van der Waals surface area contributed by atoms with Gasteiger partial charge in [0.1, 0.15) is 24.2 Å². The van der Waals surface area contributed by atoms with Crippen LogP contribution in [0.15, 0.2) is 76.2 Å². The SMILES string of the molecule is C=C(C)COc1cc([C@@H]2CC(=O)Oc3ccc4c(=O)c(-c5ccc(OC)c(OC)c5)coc4c32)ccc1OC. The topological polar surface area (TPSA) is 93.4 Å². The Labute approximate surface area is 225 Å². The van der Waals surface area contributed by atoms with Crippen LogP contribution in [0, 0.1) is 0 Å². The standard InChI is InChI=1S/C31H28O8/c1-17(2)15-37-27-13-18(6-10-24(27)35-4)21-14-28(32)39-25-11-8-20-30(33)22(16-38-31(20)29(21)25)19-7-9-23(34-3)26(12-19)36-5/h6-13,16,21H,1,14-15H2,2-5H3/t21-/m0/s1. The molecular weight excluding hydrogens is 500 g/mol. The lowest BCUT2D eigenvalue weighted by atomic mass is 9.85. The molecule has 0 fully saturated rings. The van der Waals surface area contributed by atoms with Crippen molar-refractivity contribution >= 4 is 16.9 Å². The molecule has 8 nitrogen and oxygen atoms in total. The van der Waals surface area contributed by atoms with Crippen LogP contribution in [0.5, 0.6) is 28.7 Å². The number of esters is 1. The zero-order chi connectivity index (χ0) is 27.7. The Bertz CT molecular complexity index is 1650. The van der Waals surface area contributed by atoms with Gasteiger partial charge in [0.05, 0.1) is 38.7 Å². The van der Waals surface area contributed by atoms with Gasteiger partial charge in [0.15, 0.2) is 23.0 Å². The number of fused-ring (bicyclic) bond motifs is 3. The lowest BCUT2D eigenvalue weighted by molar-refractivity contribution is -0.135. The monoisotopic (exact) mass is 528 g/mol. The second-order valence-electron chi connectivity index (χ2n) is 9.29. The molecule has 0 saturated heterocycles. The minimum atomic E-state index is -0.432. The summed E-state index contributed by atoms with van der Waals surface area (Å²) >= 11 is 0. The van der Waals surface area contributed by atoms with Crippen LogP contribution in [0.3, 0.4) is 0 Å². The summed E-state index contributed by atoms with van der Waals surface area (Å²) in [6.07, 6.45) is 1.49. The van der Waals surface area contributed by atoms with Crippen molar-refractivity contribution in [2.75, 3.05) is 27.9 Å². The molecule has 1 aromatic heterocycles. The summed E-state index contributed by atoms with van der Waals surface area (Å²) < 4.78 is 33.8. The molecule has 4 aromatic rings. The first-order valence-corrected chi connectivity index (χ1v) is 12.3. The van der Waals surface area contributed by atoms with Gasteiger partial charge in [-0.1, -0.05) is 18.7 Å². The Morgan fingerprint density at radius 3 is 2.36 bits per heavy atom. The molecule has 5 rings (SSSR count). The molecule has 0 unspecified atom stereocenters. The van der Waals surface area contributed by atoms with Crippen LogP contribution in [0.4, 0.5) is 0 Å².